The average molecular weight is 835 g/mol. The summed E-state index contributed by atoms with van der Waals surface area (Å²) in [7, 11) is 0. The van der Waals surface area contributed by atoms with Crippen LogP contribution in [0.5, 0.6) is 0 Å². The van der Waals surface area contributed by atoms with Crippen molar-refractivity contribution in [1.82, 2.24) is 9.97 Å². The van der Waals surface area contributed by atoms with Crippen LogP contribution in [-0.4, -0.2) is 9.97 Å². The normalized spacial score (nSPS) is 11.8. The minimum absolute atomic E-state index is 0.838. The smallest absolute Gasteiger partial charge is 0.143 e. The second-order valence-electron chi connectivity index (χ2n) is 18.1. The Hall–Kier alpha value is -7.88. The lowest BCUT2D eigenvalue weighted by Gasteiger charge is -2.17. The fraction of sp³-hybridized carbons (Fsp3) is 0.0968. The third-order valence-electron chi connectivity index (χ3n) is 13.6. The van der Waals surface area contributed by atoms with Crippen LogP contribution in [-0.2, 0) is 0 Å². The zero-order chi connectivity index (χ0) is 44.1. The van der Waals surface area contributed by atoms with Crippen molar-refractivity contribution in [3.05, 3.63) is 203 Å². The lowest BCUT2D eigenvalue weighted by molar-refractivity contribution is 0.670. The molecular formula is C62H46N2O. The lowest BCUT2D eigenvalue weighted by Crippen LogP contribution is -1.95. The number of rotatable bonds is 5. The molecular weight excluding hydrogens is 789 g/mol. The maximum Gasteiger partial charge on any atom is 0.143 e. The summed E-state index contributed by atoms with van der Waals surface area (Å²) < 4.78 is 6.64. The van der Waals surface area contributed by atoms with Crippen molar-refractivity contribution in [3.63, 3.8) is 0 Å². The van der Waals surface area contributed by atoms with E-state index in [2.05, 4.69) is 205 Å². The highest BCUT2D eigenvalue weighted by Crippen LogP contribution is 2.43. The molecule has 0 saturated carbocycles. The zero-order valence-electron chi connectivity index (χ0n) is 37.5. The second kappa shape index (κ2) is 14.9. The molecule has 310 valence electrons. The van der Waals surface area contributed by atoms with Gasteiger partial charge >= 0.3 is 0 Å². The van der Waals surface area contributed by atoms with Gasteiger partial charge in [0.15, 0.2) is 0 Å². The van der Waals surface area contributed by atoms with Crippen LogP contribution < -0.4 is 0 Å². The van der Waals surface area contributed by atoms with Gasteiger partial charge in [-0.05, 0) is 155 Å². The number of aromatic nitrogens is 2. The number of benzene rings is 10. The Kier molecular flexibility index (Phi) is 8.86. The summed E-state index contributed by atoms with van der Waals surface area (Å²) in [6, 6.07) is 59.7. The summed E-state index contributed by atoms with van der Waals surface area (Å²) >= 11 is 0. The van der Waals surface area contributed by atoms with E-state index in [-0.39, 0.29) is 0 Å². The molecule has 10 aromatic carbocycles. The molecule has 2 aromatic heterocycles. The molecule has 0 bridgehead atoms. The van der Waals surface area contributed by atoms with E-state index in [1.54, 1.807) is 0 Å². The first-order valence-corrected chi connectivity index (χ1v) is 22.5. The van der Waals surface area contributed by atoms with Crippen LogP contribution >= 0.6 is 0 Å². The molecule has 12 rings (SSSR count). The molecule has 0 aliphatic rings. The highest BCUT2D eigenvalue weighted by molar-refractivity contribution is 6.24. The molecule has 3 nitrogen and oxygen atoms in total. The molecule has 0 radical (unpaired) electrons. The van der Waals surface area contributed by atoms with E-state index < -0.39 is 0 Å². The average Bonchev–Trinajstić information content (AvgIpc) is 3.71. The van der Waals surface area contributed by atoms with Crippen molar-refractivity contribution in [2.45, 2.75) is 41.5 Å². The quantitative estimate of drug-likeness (QED) is 0.162. The van der Waals surface area contributed by atoms with Crippen molar-refractivity contribution >= 4 is 65.3 Å². The molecule has 0 saturated heterocycles. The topological polar surface area (TPSA) is 38.9 Å². The van der Waals surface area contributed by atoms with Crippen molar-refractivity contribution in [2.75, 3.05) is 0 Å². The van der Waals surface area contributed by atoms with Gasteiger partial charge in [0.25, 0.3) is 0 Å². The molecule has 0 amide bonds. The number of hydrogen-bond acceptors (Lipinski definition) is 3. The fourth-order valence-electron chi connectivity index (χ4n) is 11.0. The van der Waals surface area contributed by atoms with Crippen LogP contribution in [0.15, 0.2) is 174 Å². The Morgan fingerprint density at radius 2 is 0.938 bits per heavy atom. The first-order valence-electron chi connectivity index (χ1n) is 22.5. The number of nitrogens with zero attached hydrogens (tertiary/aromatic N) is 2. The van der Waals surface area contributed by atoms with Crippen molar-refractivity contribution in [1.29, 1.82) is 0 Å². The molecule has 2 heterocycles. The summed E-state index contributed by atoms with van der Waals surface area (Å²) in [5, 5.41) is 9.27. The molecule has 3 heteroatoms. The molecule has 0 unspecified atom stereocenters. The summed E-state index contributed by atoms with van der Waals surface area (Å²) in [5.74, 6) is 0. The molecule has 0 fully saturated rings. The Bertz CT molecular complexity index is 3920. The van der Waals surface area contributed by atoms with Crippen LogP contribution in [0.2, 0.25) is 0 Å². The molecule has 0 N–H and O–H groups in total. The van der Waals surface area contributed by atoms with E-state index in [1.165, 1.54) is 77.2 Å². The van der Waals surface area contributed by atoms with Gasteiger partial charge in [-0.3, -0.25) is 4.98 Å². The number of aryl methyl sites for hydroxylation is 6. The summed E-state index contributed by atoms with van der Waals surface area (Å²) in [4.78, 5) is 10.9. The minimum Gasteiger partial charge on any atom is -0.455 e. The SMILES string of the molecule is Cc1cc(C)c(-c2ccc3c4ccc(-c5c(C)cc(C)cc5C)cc4c4nc(-c5cccc(-c6cccc(-c7cccc8c7oc7ccc9ccccc9c78)c6)c5)cnc4c3c2)c(C)c1. The highest BCUT2D eigenvalue weighted by atomic mass is 16.3. The summed E-state index contributed by atoms with van der Waals surface area (Å²) in [6.07, 6.45) is 1.96. The van der Waals surface area contributed by atoms with Gasteiger partial charge in [0.05, 0.1) is 22.9 Å². The number of hydrogen-bond donors (Lipinski definition) is 0. The molecule has 0 aliphatic carbocycles. The van der Waals surface area contributed by atoms with Crippen molar-refractivity contribution < 1.29 is 4.42 Å². The van der Waals surface area contributed by atoms with Gasteiger partial charge in [0, 0.05) is 32.7 Å². The van der Waals surface area contributed by atoms with Gasteiger partial charge in [-0.15, -0.1) is 0 Å². The van der Waals surface area contributed by atoms with Crippen LogP contribution in [0.25, 0.3) is 121 Å². The second-order valence-corrected chi connectivity index (χ2v) is 18.1. The van der Waals surface area contributed by atoms with E-state index >= 15 is 0 Å². The first-order chi connectivity index (χ1) is 31.7. The van der Waals surface area contributed by atoms with Crippen LogP contribution in [0.4, 0.5) is 0 Å². The van der Waals surface area contributed by atoms with E-state index in [0.29, 0.717) is 0 Å². The van der Waals surface area contributed by atoms with E-state index in [4.69, 9.17) is 14.4 Å². The molecule has 12 aromatic rings. The number of furan rings is 1. The monoisotopic (exact) mass is 834 g/mol. The van der Waals surface area contributed by atoms with Gasteiger partial charge in [-0.2, -0.15) is 0 Å². The maximum atomic E-state index is 6.64. The molecule has 0 aliphatic heterocycles. The maximum absolute atomic E-state index is 6.64. The largest absolute Gasteiger partial charge is 0.455 e. The molecule has 0 spiro atoms. The van der Waals surface area contributed by atoms with Gasteiger partial charge in [-0.1, -0.05) is 145 Å². The Morgan fingerprint density at radius 3 is 1.60 bits per heavy atom. The molecule has 65 heavy (non-hydrogen) atoms. The zero-order valence-corrected chi connectivity index (χ0v) is 37.5. The Morgan fingerprint density at radius 1 is 0.385 bits per heavy atom. The van der Waals surface area contributed by atoms with Crippen LogP contribution in [0, 0.1) is 41.5 Å². The Labute approximate surface area is 378 Å². The third-order valence-corrected chi connectivity index (χ3v) is 13.6. The van der Waals surface area contributed by atoms with E-state index in [9.17, 15) is 0 Å². The van der Waals surface area contributed by atoms with Crippen molar-refractivity contribution in [3.8, 4) is 55.8 Å². The van der Waals surface area contributed by atoms with Crippen molar-refractivity contribution in [2.24, 2.45) is 0 Å². The highest BCUT2D eigenvalue weighted by Gasteiger charge is 2.19. The van der Waals surface area contributed by atoms with Crippen LogP contribution in [0.1, 0.15) is 33.4 Å². The van der Waals surface area contributed by atoms with Gasteiger partial charge in [0.1, 0.15) is 11.2 Å². The first kappa shape index (κ1) is 38.8. The van der Waals surface area contributed by atoms with Gasteiger partial charge in [-0.25, -0.2) is 4.98 Å². The predicted molar refractivity (Wildman–Crippen MR) is 275 cm³/mol. The Balaban J connectivity index is 1.01. The molecule has 0 atom stereocenters. The number of fused-ring (bicyclic) bond motifs is 11. The fourth-order valence-corrected chi connectivity index (χ4v) is 11.0. The van der Waals surface area contributed by atoms with E-state index in [0.717, 1.165) is 77.3 Å². The number of para-hydroxylation sites is 1. The predicted octanol–water partition coefficient (Wildman–Crippen LogP) is 17.2. The standard InChI is InChI=1S/C62H46N2O/c1-35-26-37(3)57(38(4)27-35)46-20-23-50-51-24-21-47(58-39(5)28-36(2)29-40(58)6)33-54(51)61-60(53(50)32-46)63-34-55(64-61)45-16-10-14-43(31-45)42-13-9-15-44(30-42)49-18-11-19-52-59-48-17-8-7-12-41(48)22-25-56(59)65-62(49)52/h7-34H,1-6H3. The van der Waals surface area contributed by atoms with Gasteiger partial charge < -0.3 is 4.42 Å². The third kappa shape index (κ3) is 6.33. The minimum atomic E-state index is 0.838. The van der Waals surface area contributed by atoms with Gasteiger partial charge in [0.2, 0.25) is 0 Å². The van der Waals surface area contributed by atoms with E-state index in [1.807, 2.05) is 6.20 Å². The lowest BCUT2D eigenvalue weighted by atomic mass is 9.89. The summed E-state index contributed by atoms with van der Waals surface area (Å²) in [5.41, 5.74) is 22.5. The van der Waals surface area contributed by atoms with Crippen LogP contribution in [0.3, 0.4) is 0 Å². The summed E-state index contributed by atoms with van der Waals surface area (Å²) in [6.45, 7) is 13.2.